The summed E-state index contributed by atoms with van der Waals surface area (Å²) >= 11 is 2.27. The van der Waals surface area contributed by atoms with Gasteiger partial charge in [0.05, 0.1) is 14.2 Å². The lowest BCUT2D eigenvalue weighted by molar-refractivity contribution is 0.339. The molecule has 2 aromatic rings. The van der Waals surface area contributed by atoms with E-state index in [9.17, 15) is 5.11 Å². The van der Waals surface area contributed by atoms with E-state index in [1.807, 2.05) is 24.3 Å². The summed E-state index contributed by atoms with van der Waals surface area (Å²) in [7, 11) is 3.04. The fourth-order valence-corrected chi connectivity index (χ4v) is 2.18. The van der Waals surface area contributed by atoms with E-state index in [2.05, 4.69) is 27.9 Å². The van der Waals surface area contributed by atoms with Crippen LogP contribution < -0.4 is 14.8 Å². The Kier molecular flexibility index (Phi) is 4.94. The highest BCUT2D eigenvalue weighted by Crippen LogP contribution is 2.37. The van der Waals surface area contributed by atoms with E-state index in [1.165, 1.54) is 17.8 Å². The van der Waals surface area contributed by atoms with Crippen molar-refractivity contribution in [3.8, 4) is 17.2 Å². The fraction of sp³-hybridized carbons (Fsp3) is 0.200. The van der Waals surface area contributed by atoms with Crippen LogP contribution in [-0.4, -0.2) is 19.3 Å². The first kappa shape index (κ1) is 14.8. The van der Waals surface area contributed by atoms with Gasteiger partial charge in [0, 0.05) is 15.8 Å². The molecule has 0 unspecified atom stereocenters. The lowest BCUT2D eigenvalue weighted by Crippen LogP contribution is -2.00. The maximum absolute atomic E-state index is 9.86. The lowest BCUT2D eigenvalue weighted by Gasteiger charge is -2.12. The Hall–Kier alpha value is -1.63. The van der Waals surface area contributed by atoms with Crippen molar-refractivity contribution in [3.05, 3.63) is 45.5 Å². The van der Waals surface area contributed by atoms with Gasteiger partial charge in [0.15, 0.2) is 11.5 Å². The summed E-state index contributed by atoms with van der Waals surface area (Å²) in [6.07, 6.45) is 0. The van der Waals surface area contributed by atoms with Crippen LogP contribution in [0.25, 0.3) is 0 Å². The van der Waals surface area contributed by atoms with Gasteiger partial charge in [-0.2, -0.15) is 0 Å². The van der Waals surface area contributed by atoms with Crippen LogP contribution in [0, 0.1) is 3.57 Å². The number of anilines is 1. The molecule has 4 nitrogen and oxygen atoms in total. The summed E-state index contributed by atoms with van der Waals surface area (Å²) in [6.45, 7) is 0.619. The number of phenols is 1. The molecule has 0 radical (unpaired) electrons. The van der Waals surface area contributed by atoms with Crippen molar-refractivity contribution in [2.75, 3.05) is 19.5 Å². The molecule has 0 spiro atoms. The van der Waals surface area contributed by atoms with Gasteiger partial charge in [0.1, 0.15) is 0 Å². The molecule has 5 heteroatoms. The van der Waals surface area contributed by atoms with E-state index in [1.54, 1.807) is 12.1 Å². The normalized spacial score (nSPS) is 10.2. The minimum absolute atomic E-state index is 0.0213. The second-order valence-electron chi connectivity index (χ2n) is 4.21. The fourth-order valence-electron chi connectivity index (χ4n) is 1.82. The second kappa shape index (κ2) is 6.69. The van der Waals surface area contributed by atoms with Crippen molar-refractivity contribution < 1.29 is 14.6 Å². The van der Waals surface area contributed by atoms with Crippen molar-refractivity contribution in [2.24, 2.45) is 0 Å². The number of rotatable bonds is 5. The van der Waals surface area contributed by atoms with Gasteiger partial charge in [0.2, 0.25) is 5.75 Å². The minimum Gasteiger partial charge on any atom is -0.502 e. The molecule has 2 rings (SSSR count). The van der Waals surface area contributed by atoms with Crippen LogP contribution >= 0.6 is 22.6 Å². The van der Waals surface area contributed by atoms with E-state index in [4.69, 9.17) is 9.47 Å². The highest BCUT2D eigenvalue weighted by molar-refractivity contribution is 14.1. The Morgan fingerprint density at radius 1 is 1.05 bits per heavy atom. The average molecular weight is 385 g/mol. The Balaban J connectivity index is 2.14. The van der Waals surface area contributed by atoms with Crippen molar-refractivity contribution in [3.63, 3.8) is 0 Å². The summed E-state index contributed by atoms with van der Waals surface area (Å²) in [5.74, 6) is 0.834. The molecule has 0 amide bonds. The SMILES string of the molecule is COc1cc(CNc2ccc(I)cc2)cc(OC)c1O. The summed E-state index contributed by atoms with van der Waals surface area (Å²) in [5.41, 5.74) is 2.01. The summed E-state index contributed by atoms with van der Waals surface area (Å²) in [6, 6.07) is 11.7. The molecule has 2 aromatic carbocycles. The van der Waals surface area contributed by atoms with Crippen LogP contribution in [0.1, 0.15) is 5.56 Å². The van der Waals surface area contributed by atoms with Crippen molar-refractivity contribution in [2.45, 2.75) is 6.54 Å². The second-order valence-corrected chi connectivity index (χ2v) is 5.46. The first-order valence-corrected chi connectivity index (χ1v) is 7.15. The molecule has 0 bridgehead atoms. The molecule has 20 heavy (non-hydrogen) atoms. The van der Waals surface area contributed by atoms with E-state index >= 15 is 0 Å². The van der Waals surface area contributed by atoms with E-state index in [0.29, 0.717) is 18.0 Å². The zero-order valence-corrected chi connectivity index (χ0v) is 13.5. The maximum atomic E-state index is 9.86. The van der Waals surface area contributed by atoms with Gasteiger partial charge >= 0.3 is 0 Å². The molecule has 0 atom stereocenters. The Morgan fingerprint density at radius 3 is 2.10 bits per heavy atom. The molecular weight excluding hydrogens is 369 g/mol. The quantitative estimate of drug-likeness (QED) is 0.772. The van der Waals surface area contributed by atoms with Crippen LogP contribution in [0.4, 0.5) is 5.69 Å². The van der Waals surface area contributed by atoms with Gasteiger partial charge in [-0.1, -0.05) is 0 Å². The Morgan fingerprint density at radius 2 is 1.60 bits per heavy atom. The van der Waals surface area contributed by atoms with E-state index in [0.717, 1.165) is 11.3 Å². The predicted octanol–water partition coefficient (Wildman–Crippen LogP) is 3.63. The van der Waals surface area contributed by atoms with Crippen molar-refractivity contribution in [1.82, 2.24) is 0 Å². The average Bonchev–Trinajstić information content (AvgIpc) is 2.47. The molecule has 0 aliphatic carbocycles. The molecule has 0 heterocycles. The zero-order chi connectivity index (χ0) is 14.5. The van der Waals surface area contributed by atoms with Crippen LogP contribution in [0.3, 0.4) is 0 Å². The van der Waals surface area contributed by atoms with Crippen LogP contribution in [0.5, 0.6) is 17.2 Å². The number of hydrogen-bond acceptors (Lipinski definition) is 4. The molecule has 2 N–H and O–H groups in total. The van der Waals surface area contributed by atoms with Crippen LogP contribution in [0.2, 0.25) is 0 Å². The first-order valence-electron chi connectivity index (χ1n) is 6.07. The van der Waals surface area contributed by atoms with Crippen LogP contribution in [0.15, 0.2) is 36.4 Å². The third-order valence-electron chi connectivity index (χ3n) is 2.88. The number of hydrogen-bond donors (Lipinski definition) is 2. The monoisotopic (exact) mass is 385 g/mol. The standard InChI is InChI=1S/C15H16INO3/c1-19-13-7-10(8-14(20-2)15(13)18)9-17-12-5-3-11(16)4-6-12/h3-8,17-18H,9H2,1-2H3. The Bertz CT molecular complexity index is 559. The molecule has 106 valence electrons. The zero-order valence-electron chi connectivity index (χ0n) is 11.3. The molecular formula is C15H16INO3. The molecule has 0 saturated heterocycles. The number of phenolic OH excluding ortho intramolecular Hbond substituents is 1. The van der Waals surface area contributed by atoms with Gasteiger partial charge in [-0.25, -0.2) is 0 Å². The van der Waals surface area contributed by atoms with Gasteiger partial charge in [-0.05, 0) is 64.6 Å². The first-order chi connectivity index (χ1) is 9.63. The van der Waals surface area contributed by atoms with Crippen molar-refractivity contribution >= 4 is 28.3 Å². The summed E-state index contributed by atoms with van der Waals surface area (Å²) < 4.78 is 11.5. The van der Waals surface area contributed by atoms with E-state index < -0.39 is 0 Å². The molecule has 0 fully saturated rings. The number of benzene rings is 2. The van der Waals surface area contributed by atoms with Crippen molar-refractivity contribution in [1.29, 1.82) is 0 Å². The smallest absolute Gasteiger partial charge is 0.200 e. The highest BCUT2D eigenvalue weighted by Gasteiger charge is 2.10. The molecule has 0 saturated carbocycles. The van der Waals surface area contributed by atoms with Gasteiger partial charge < -0.3 is 19.9 Å². The molecule has 0 aliphatic heterocycles. The highest BCUT2D eigenvalue weighted by atomic mass is 127. The predicted molar refractivity (Wildman–Crippen MR) is 87.7 cm³/mol. The maximum Gasteiger partial charge on any atom is 0.200 e. The lowest BCUT2D eigenvalue weighted by atomic mass is 10.1. The molecule has 0 aromatic heterocycles. The number of methoxy groups -OCH3 is 2. The van der Waals surface area contributed by atoms with Gasteiger partial charge in [-0.15, -0.1) is 0 Å². The topological polar surface area (TPSA) is 50.7 Å². The summed E-state index contributed by atoms with van der Waals surface area (Å²) in [4.78, 5) is 0. The number of nitrogens with one attached hydrogen (secondary N) is 1. The minimum atomic E-state index is 0.0213. The van der Waals surface area contributed by atoms with Gasteiger partial charge in [-0.3, -0.25) is 0 Å². The van der Waals surface area contributed by atoms with Crippen LogP contribution in [-0.2, 0) is 6.54 Å². The third kappa shape index (κ3) is 3.47. The van der Waals surface area contributed by atoms with E-state index in [-0.39, 0.29) is 5.75 Å². The third-order valence-corrected chi connectivity index (χ3v) is 3.60. The summed E-state index contributed by atoms with van der Waals surface area (Å²) in [5, 5.41) is 13.2. The largest absolute Gasteiger partial charge is 0.502 e. The van der Waals surface area contributed by atoms with Gasteiger partial charge in [0.25, 0.3) is 0 Å². The molecule has 0 aliphatic rings. The number of aromatic hydroxyl groups is 1. The number of ether oxygens (including phenoxy) is 2. The number of halogens is 1. The Labute approximate surface area is 131 Å².